The number of carbonyl (C=O) groups is 1. The summed E-state index contributed by atoms with van der Waals surface area (Å²) in [6.07, 6.45) is 0. The molecule has 1 aromatic heterocycles. The fourth-order valence-electron chi connectivity index (χ4n) is 3.53. The fourth-order valence-corrected chi connectivity index (χ4v) is 4.22. The molecule has 1 aliphatic heterocycles. The average molecular weight is 382 g/mol. The Labute approximate surface area is 162 Å². The maximum Gasteiger partial charge on any atom is 0.264 e. The summed E-state index contributed by atoms with van der Waals surface area (Å²) < 4.78 is 5.34. The van der Waals surface area contributed by atoms with Gasteiger partial charge in [0.1, 0.15) is 11.5 Å². The van der Waals surface area contributed by atoms with E-state index in [-0.39, 0.29) is 5.91 Å². The molecule has 1 fully saturated rings. The fraction of sp³-hybridized carbons (Fsp3) is 0.286. The Hall–Kier alpha value is -2.57. The predicted molar refractivity (Wildman–Crippen MR) is 108 cm³/mol. The number of methoxy groups -OCH3 is 1. The summed E-state index contributed by atoms with van der Waals surface area (Å²) in [5.74, 6) is 1.19. The Morgan fingerprint density at radius 2 is 1.93 bits per heavy atom. The zero-order chi connectivity index (χ0) is 18.8. The zero-order valence-corrected chi connectivity index (χ0v) is 16.0. The lowest BCUT2D eigenvalue weighted by Crippen LogP contribution is -2.48. The number of carbonyl (C=O) groups excluding carboxylic acids is 1. The maximum atomic E-state index is 12.5. The highest BCUT2D eigenvalue weighted by Gasteiger charge is 2.23. The number of fused-ring (bicyclic) bond motifs is 1. The minimum absolute atomic E-state index is 0.113. The normalized spacial score (nSPS) is 15.2. The molecule has 0 saturated carbocycles. The van der Waals surface area contributed by atoms with E-state index in [1.807, 2.05) is 46.7 Å². The summed E-state index contributed by atoms with van der Waals surface area (Å²) in [6, 6.07) is 13.4. The van der Waals surface area contributed by atoms with Gasteiger partial charge in [0.05, 0.1) is 12.0 Å². The Kier molecular flexibility index (Phi) is 5.01. The average Bonchev–Trinajstić information content (AvgIpc) is 3.24. The number of hydrogen-bond acceptors (Lipinski definition) is 5. The first kappa shape index (κ1) is 17.8. The second-order valence-corrected chi connectivity index (χ2v) is 7.64. The molecule has 1 aliphatic rings. The van der Waals surface area contributed by atoms with E-state index in [0.717, 1.165) is 40.1 Å². The summed E-state index contributed by atoms with van der Waals surface area (Å²) in [6.45, 7) is 3.63. The van der Waals surface area contributed by atoms with Gasteiger partial charge in [0.15, 0.2) is 0 Å². The van der Waals surface area contributed by atoms with E-state index in [2.05, 4.69) is 4.90 Å². The molecule has 0 radical (unpaired) electrons. The summed E-state index contributed by atoms with van der Waals surface area (Å²) >= 11 is 1.49. The number of phenols is 1. The molecule has 140 valence electrons. The highest BCUT2D eigenvalue weighted by Crippen LogP contribution is 2.31. The maximum absolute atomic E-state index is 12.5. The summed E-state index contributed by atoms with van der Waals surface area (Å²) in [7, 11) is 1.65. The minimum atomic E-state index is 0.113. The first-order chi connectivity index (χ1) is 13.2. The molecule has 6 heteroatoms. The van der Waals surface area contributed by atoms with E-state index in [9.17, 15) is 9.90 Å². The Morgan fingerprint density at radius 1 is 1.15 bits per heavy atom. The monoisotopic (exact) mass is 382 g/mol. The van der Waals surface area contributed by atoms with Gasteiger partial charge >= 0.3 is 0 Å². The van der Waals surface area contributed by atoms with E-state index >= 15 is 0 Å². The van der Waals surface area contributed by atoms with Crippen molar-refractivity contribution in [3.05, 3.63) is 58.3 Å². The van der Waals surface area contributed by atoms with Gasteiger partial charge < -0.3 is 14.7 Å². The standard InChI is InChI=1S/C21H22N2O3S/c1-26-16-6-4-15-5-7-19(24)18(17(15)13-16)14-22-8-10-23(11-9-22)21(25)20-3-2-12-27-20/h2-7,12-13,24H,8-11,14H2,1H3. The lowest BCUT2D eigenvalue weighted by molar-refractivity contribution is 0.0632. The first-order valence-corrected chi connectivity index (χ1v) is 9.87. The van der Waals surface area contributed by atoms with Crippen molar-refractivity contribution in [1.82, 2.24) is 9.80 Å². The van der Waals surface area contributed by atoms with Gasteiger partial charge in [-0.3, -0.25) is 9.69 Å². The van der Waals surface area contributed by atoms with Crippen LogP contribution in [0.3, 0.4) is 0 Å². The number of hydrogen-bond donors (Lipinski definition) is 1. The van der Waals surface area contributed by atoms with Gasteiger partial charge in [-0.05, 0) is 40.4 Å². The molecule has 0 unspecified atom stereocenters. The van der Waals surface area contributed by atoms with E-state index < -0.39 is 0 Å². The van der Waals surface area contributed by atoms with Gasteiger partial charge in [-0.1, -0.05) is 18.2 Å². The molecule has 0 spiro atoms. The summed E-state index contributed by atoms with van der Waals surface area (Å²) in [5, 5.41) is 14.5. The molecule has 1 saturated heterocycles. The Balaban J connectivity index is 1.49. The lowest BCUT2D eigenvalue weighted by atomic mass is 10.0. The van der Waals surface area contributed by atoms with Crippen LogP contribution in [0.15, 0.2) is 47.8 Å². The quantitative estimate of drug-likeness (QED) is 0.749. The van der Waals surface area contributed by atoms with Crippen molar-refractivity contribution in [3.63, 3.8) is 0 Å². The molecule has 0 atom stereocenters. The SMILES string of the molecule is COc1ccc2ccc(O)c(CN3CCN(C(=O)c4cccs4)CC3)c2c1. The van der Waals surface area contributed by atoms with E-state index in [1.165, 1.54) is 11.3 Å². The van der Waals surface area contributed by atoms with Crippen LogP contribution in [0, 0.1) is 0 Å². The van der Waals surface area contributed by atoms with Crippen molar-refractivity contribution in [1.29, 1.82) is 0 Å². The topological polar surface area (TPSA) is 53.0 Å². The van der Waals surface area contributed by atoms with Crippen LogP contribution in [0.2, 0.25) is 0 Å². The molecular weight excluding hydrogens is 360 g/mol. The van der Waals surface area contributed by atoms with Crippen molar-refractivity contribution in [2.45, 2.75) is 6.54 Å². The number of aromatic hydroxyl groups is 1. The van der Waals surface area contributed by atoms with Crippen LogP contribution in [0.5, 0.6) is 11.5 Å². The third-order valence-electron chi connectivity index (χ3n) is 5.09. The molecule has 4 rings (SSSR count). The Bertz CT molecular complexity index is 947. The molecular formula is C21H22N2O3S. The molecule has 27 heavy (non-hydrogen) atoms. The third kappa shape index (κ3) is 3.63. The van der Waals surface area contributed by atoms with Crippen LogP contribution < -0.4 is 4.74 Å². The number of ether oxygens (including phenoxy) is 1. The van der Waals surface area contributed by atoms with Crippen LogP contribution in [-0.2, 0) is 6.54 Å². The molecule has 1 amide bonds. The molecule has 5 nitrogen and oxygen atoms in total. The summed E-state index contributed by atoms with van der Waals surface area (Å²) in [4.78, 5) is 17.5. The predicted octanol–water partition coefficient (Wildman–Crippen LogP) is 3.57. The largest absolute Gasteiger partial charge is 0.508 e. The molecule has 2 heterocycles. The molecule has 0 aliphatic carbocycles. The highest BCUT2D eigenvalue weighted by molar-refractivity contribution is 7.12. The smallest absolute Gasteiger partial charge is 0.264 e. The number of nitrogens with zero attached hydrogens (tertiary/aromatic N) is 2. The number of amides is 1. The van der Waals surface area contributed by atoms with Gasteiger partial charge in [-0.15, -0.1) is 11.3 Å². The number of phenolic OH excluding ortho intramolecular Hbond substituents is 1. The lowest BCUT2D eigenvalue weighted by Gasteiger charge is -2.34. The van der Waals surface area contributed by atoms with E-state index in [1.54, 1.807) is 13.2 Å². The van der Waals surface area contributed by atoms with Gasteiger partial charge in [0.25, 0.3) is 5.91 Å². The van der Waals surface area contributed by atoms with Gasteiger partial charge in [0.2, 0.25) is 0 Å². The van der Waals surface area contributed by atoms with Gasteiger partial charge in [-0.25, -0.2) is 0 Å². The van der Waals surface area contributed by atoms with Crippen LogP contribution >= 0.6 is 11.3 Å². The molecule has 2 aromatic carbocycles. The van der Waals surface area contributed by atoms with Crippen molar-refractivity contribution in [2.24, 2.45) is 0 Å². The van der Waals surface area contributed by atoms with Gasteiger partial charge in [-0.2, -0.15) is 0 Å². The number of rotatable bonds is 4. The van der Waals surface area contributed by atoms with Gasteiger partial charge in [0, 0.05) is 38.3 Å². The van der Waals surface area contributed by atoms with Crippen molar-refractivity contribution in [2.75, 3.05) is 33.3 Å². The van der Waals surface area contributed by atoms with E-state index in [4.69, 9.17) is 4.74 Å². The van der Waals surface area contributed by atoms with Crippen LogP contribution in [0.25, 0.3) is 10.8 Å². The summed E-state index contributed by atoms with van der Waals surface area (Å²) in [5.41, 5.74) is 0.907. The van der Waals surface area contributed by atoms with Crippen molar-refractivity contribution in [3.8, 4) is 11.5 Å². The number of thiophene rings is 1. The number of benzene rings is 2. The molecule has 0 bridgehead atoms. The van der Waals surface area contributed by atoms with Crippen molar-refractivity contribution < 1.29 is 14.6 Å². The minimum Gasteiger partial charge on any atom is -0.508 e. The van der Waals surface area contributed by atoms with Crippen molar-refractivity contribution >= 4 is 28.0 Å². The molecule has 1 N–H and O–H groups in total. The highest BCUT2D eigenvalue weighted by atomic mass is 32.1. The Morgan fingerprint density at radius 3 is 2.63 bits per heavy atom. The van der Waals surface area contributed by atoms with Crippen LogP contribution in [0.1, 0.15) is 15.2 Å². The third-order valence-corrected chi connectivity index (χ3v) is 5.95. The zero-order valence-electron chi connectivity index (χ0n) is 15.2. The molecule has 3 aromatic rings. The van der Waals surface area contributed by atoms with Crippen LogP contribution in [-0.4, -0.2) is 54.1 Å². The van der Waals surface area contributed by atoms with E-state index in [0.29, 0.717) is 25.4 Å². The first-order valence-electron chi connectivity index (χ1n) is 8.99. The van der Waals surface area contributed by atoms with Crippen LogP contribution in [0.4, 0.5) is 0 Å². The number of piperazine rings is 1. The second kappa shape index (κ2) is 7.58. The second-order valence-electron chi connectivity index (χ2n) is 6.70.